The minimum absolute atomic E-state index is 0.182. The van der Waals surface area contributed by atoms with Crippen molar-refractivity contribution in [3.8, 4) is 0 Å². The largest absolute Gasteiger partial charge is 0.326 e. The predicted octanol–water partition coefficient (Wildman–Crippen LogP) is 4.31. The van der Waals surface area contributed by atoms with E-state index < -0.39 is 5.41 Å². The van der Waals surface area contributed by atoms with Crippen molar-refractivity contribution in [2.75, 3.05) is 5.32 Å². The molecule has 156 valence electrons. The Bertz CT molecular complexity index is 1000. The molecule has 0 unspecified atom stereocenters. The Morgan fingerprint density at radius 2 is 1.97 bits per heavy atom. The van der Waals surface area contributed by atoms with Gasteiger partial charge in [0.05, 0.1) is 5.41 Å². The molecule has 30 heavy (non-hydrogen) atoms. The molecule has 1 saturated heterocycles. The number of imide groups is 1. The van der Waals surface area contributed by atoms with Crippen molar-refractivity contribution in [2.45, 2.75) is 43.9 Å². The van der Waals surface area contributed by atoms with Crippen LogP contribution in [0.3, 0.4) is 0 Å². The van der Waals surface area contributed by atoms with E-state index in [4.69, 9.17) is 11.6 Å². The standard InChI is InChI=1S/C23H22ClFN2O3/c1-2-23(11-10-19(28)27-22(23)30)13-6-8-14(9-7-13)26-21(29)16-12-15(16)20-17(24)4-3-5-18(20)25/h3-9,15-16H,2,10-12H2,1H3,(H,26,29)(H,27,28,30)/t15-,16+,23-/m1/s1. The molecule has 1 aliphatic heterocycles. The average Bonchev–Trinajstić information content (AvgIpc) is 3.50. The highest BCUT2D eigenvalue weighted by Crippen LogP contribution is 2.51. The van der Waals surface area contributed by atoms with Crippen molar-refractivity contribution in [2.24, 2.45) is 5.92 Å². The summed E-state index contributed by atoms with van der Waals surface area (Å²) in [5, 5.41) is 5.63. The van der Waals surface area contributed by atoms with Crippen LogP contribution in [-0.2, 0) is 19.8 Å². The van der Waals surface area contributed by atoms with Gasteiger partial charge in [0, 0.05) is 34.5 Å². The van der Waals surface area contributed by atoms with Gasteiger partial charge in [0.15, 0.2) is 0 Å². The van der Waals surface area contributed by atoms with Crippen molar-refractivity contribution in [3.63, 3.8) is 0 Å². The molecule has 1 saturated carbocycles. The summed E-state index contributed by atoms with van der Waals surface area (Å²) in [5.41, 5.74) is 1.08. The van der Waals surface area contributed by atoms with E-state index in [1.807, 2.05) is 19.1 Å². The maximum atomic E-state index is 14.1. The number of amides is 3. The van der Waals surface area contributed by atoms with E-state index >= 15 is 0 Å². The van der Waals surface area contributed by atoms with Gasteiger partial charge in [-0.2, -0.15) is 0 Å². The summed E-state index contributed by atoms with van der Waals surface area (Å²) >= 11 is 6.11. The third-order valence-corrected chi connectivity index (χ3v) is 6.60. The van der Waals surface area contributed by atoms with E-state index in [1.54, 1.807) is 24.3 Å². The summed E-state index contributed by atoms with van der Waals surface area (Å²) < 4.78 is 14.1. The lowest BCUT2D eigenvalue weighted by Gasteiger charge is -2.35. The van der Waals surface area contributed by atoms with Crippen LogP contribution in [0.25, 0.3) is 0 Å². The Morgan fingerprint density at radius 3 is 2.60 bits per heavy atom. The molecule has 2 aliphatic rings. The Labute approximate surface area is 179 Å². The first-order valence-electron chi connectivity index (χ1n) is 10.1. The third-order valence-electron chi connectivity index (χ3n) is 6.27. The molecule has 0 radical (unpaired) electrons. The monoisotopic (exact) mass is 428 g/mol. The van der Waals surface area contributed by atoms with Crippen molar-refractivity contribution in [3.05, 3.63) is 64.4 Å². The first-order chi connectivity index (χ1) is 14.4. The molecule has 7 heteroatoms. The van der Waals surface area contributed by atoms with Crippen LogP contribution in [0.5, 0.6) is 0 Å². The molecular formula is C23H22ClFN2O3. The van der Waals surface area contributed by atoms with Gasteiger partial charge in [0.1, 0.15) is 5.82 Å². The number of benzene rings is 2. The first kappa shape index (κ1) is 20.5. The van der Waals surface area contributed by atoms with Gasteiger partial charge in [-0.1, -0.05) is 36.7 Å². The lowest BCUT2D eigenvalue weighted by Crippen LogP contribution is -2.51. The van der Waals surface area contributed by atoms with Crippen molar-refractivity contribution in [1.82, 2.24) is 5.32 Å². The zero-order chi connectivity index (χ0) is 21.5. The van der Waals surface area contributed by atoms with Crippen LogP contribution in [0.1, 0.15) is 49.7 Å². The minimum Gasteiger partial charge on any atom is -0.326 e. The van der Waals surface area contributed by atoms with E-state index in [1.165, 1.54) is 6.07 Å². The first-order valence-corrected chi connectivity index (χ1v) is 10.4. The topological polar surface area (TPSA) is 75.3 Å². The van der Waals surface area contributed by atoms with Crippen LogP contribution in [0.15, 0.2) is 42.5 Å². The number of halogens is 2. The lowest BCUT2D eigenvalue weighted by atomic mass is 9.72. The Morgan fingerprint density at radius 1 is 1.23 bits per heavy atom. The second-order valence-corrected chi connectivity index (χ2v) is 8.37. The molecular weight excluding hydrogens is 407 g/mol. The van der Waals surface area contributed by atoms with Gasteiger partial charge < -0.3 is 5.32 Å². The van der Waals surface area contributed by atoms with Crippen LogP contribution in [0.4, 0.5) is 10.1 Å². The van der Waals surface area contributed by atoms with Crippen LogP contribution in [0, 0.1) is 11.7 Å². The lowest BCUT2D eigenvalue weighted by molar-refractivity contribution is -0.138. The molecule has 0 aromatic heterocycles. The summed E-state index contributed by atoms with van der Waals surface area (Å²) in [4.78, 5) is 36.6. The third kappa shape index (κ3) is 3.60. The number of carbonyl (C=O) groups is 3. The summed E-state index contributed by atoms with van der Waals surface area (Å²) in [6.45, 7) is 1.92. The molecule has 2 aromatic rings. The van der Waals surface area contributed by atoms with Crippen LogP contribution in [0.2, 0.25) is 5.02 Å². The predicted molar refractivity (Wildman–Crippen MR) is 112 cm³/mol. The average molecular weight is 429 g/mol. The van der Waals surface area contributed by atoms with Crippen molar-refractivity contribution < 1.29 is 18.8 Å². The number of carbonyl (C=O) groups excluding carboxylic acids is 3. The highest BCUT2D eigenvalue weighted by atomic mass is 35.5. The summed E-state index contributed by atoms with van der Waals surface area (Å²) in [7, 11) is 0. The smallest absolute Gasteiger partial charge is 0.237 e. The van der Waals surface area contributed by atoms with Gasteiger partial charge >= 0.3 is 0 Å². The van der Waals surface area contributed by atoms with Gasteiger partial charge in [-0.3, -0.25) is 19.7 Å². The quantitative estimate of drug-likeness (QED) is 0.697. The summed E-state index contributed by atoms with van der Waals surface area (Å²) in [5.74, 6) is -1.64. The van der Waals surface area contributed by atoms with Gasteiger partial charge in [-0.05, 0) is 49.1 Å². The molecule has 4 rings (SSSR count). The number of anilines is 1. The molecule has 0 spiro atoms. The fourth-order valence-corrected chi connectivity index (χ4v) is 4.65. The molecule has 2 aromatic carbocycles. The van der Waals surface area contributed by atoms with Crippen molar-refractivity contribution in [1.29, 1.82) is 0 Å². The van der Waals surface area contributed by atoms with E-state index in [9.17, 15) is 18.8 Å². The number of nitrogens with one attached hydrogen (secondary N) is 2. The van der Waals surface area contributed by atoms with E-state index in [2.05, 4.69) is 10.6 Å². The Balaban J connectivity index is 1.45. The van der Waals surface area contributed by atoms with Gasteiger partial charge in [-0.25, -0.2) is 4.39 Å². The van der Waals surface area contributed by atoms with Gasteiger partial charge in [0.2, 0.25) is 17.7 Å². The highest BCUT2D eigenvalue weighted by molar-refractivity contribution is 6.31. The van der Waals surface area contributed by atoms with Crippen LogP contribution >= 0.6 is 11.6 Å². The zero-order valence-corrected chi connectivity index (χ0v) is 17.3. The van der Waals surface area contributed by atoms with Crippen molar-refractivity contribution >= 4 is 35.0 Å². The molecule has 1 heterocycles. The molecule has 3 amide bonds. The molecule has 1 aliphatic carbocycles. The van der Waals surface area contributed by atoms with Gasteiger partial charge in [0.25, 0.3) is 0 Å². The maximum absolute atomic E-state index is 14.1. The van der Waals surface area contributed by atoms with E-state index in [0.29, 0.717) is 42.0 Å². The second kappa shape index (κ2) is 7.84. The van der Waals surface area contributed by atoms with Crippen LogP contribution in [-0.4, -0.2) is 17.7 Å². The van der Waals surface area contributed by atoms with Gasteiger partial charge in [-0.15, -0.1) is 0 Å². The highest BCUT2D eigenvalue weighted by Gasteiger charge is 2.46. The molecule has 0 bridgehead atoms. The number of rotatable bonds is 5. The number of piperidine rings is 1. The van der Waals surface area contributed by atoms with E-state index in [-0.39, 0.29) is 35.4 Å². The Hall–Kier alpha value is -2.73. The second-order valence-electron chi connectivity index (χ2n) is 7.96. The SMILES string of the molecule is CC[C@]1(c2ccc(NC(=O)[C@H]3C[C@H]3c3c(F)cccc3Cl)cc2)CCC(=O)NC1=O. The molecule has 2 N–H and O–H groups in total. The van der Waals surface area contributed by atoms with Crippen LogP contribution < -0.4 is 10.6 Å². The molecule has 5 nitrogen and oxygen atoms in total. The van der Waals surface area contributed by atoms with E-state index in [0.717, 1.165) is 5.56 Å². The number of hydrogen-bond acceptors (Lipinski definition) is 3. The maximum Gasteiger partial charge on any atom is 0.237 e. The minimum atomic E-state index is -0.736. The summed E-state index contributed by atoms with van der Waals surface area (Å²) in [6, 6.07) is 11.7. The molecule has 2 fully saturated rings. The zero-order valence-electron chi connectivity index (χ0n) is 16.5. The number of hydrogen-bond donors (Lipinski definition) is 2. The normalized spacial score (nSPS) is 25.6. The summed E-state index contributed by atoms with van der Waals surface area (Å²) in [6.07, 6.45) is 1.90. The fourth-order valence-electron chi connectivity index (χ4n) is 4.34. The Kier molecular flexibility index (Phi) is 5.36. The fraction of sp³-hybridized carbons (Fsp3) is 0.348. The molecule has 3 atom stereocenters.